The van der Waals surface area contributed by atoms with Gasteiger partial charge >= 0.3 is 0 Å². The lowest BCUT2D eigenvalue weighted by atomic mass is 9.97. The standard InChI is InChI=1S/C7H16O10S3/c1-2-17-3-7(4-18(8,9)10,5-19(11,12)13)6-20(14,15)16/h2-6H2,1H3,(H,8,9,10)(H,11,12,13)(H,14,15,16). The van der Waals surface area contributed by atoms with Crippen molar-refractivity contribution in [2.75, 3.05) is 30.5 Å². The highest BCUT2D eigenvalue weighted by atomic mass is 32.2. The van der Waals surface area contributed by atoms with E-state index < -0.39 is 59.6 Å². The van der Waals surface area contributed by atoms with Gasteiger partial charge in [-0.15, -0.1) is 0 Å². The van der Waals surface area contributed by atoms with Gasteiger partial charge in [0.1, 0.15) is 0 Å². The zero-order valence-corrected chi connectivity index (χ0v) is 12.9. The Morgan fingerprint density at radius 2 is 1.10 bits per heavy atom. The molecule has 10 nitrogen and oxygen atoms in total. The van der Waals surface area contributed by atoms with E-state index >= 15 is 0 Å². The largest absolute Gasteiger partial charge is 0.381 e. The van der Waals surface area contributed by atoms with E-state index in [1.165, 1.54) is 6.92 Å². The first kappa shape index (κ1) is 19.7. The van der Waals surface area contributed by atoms with E-state index in [1.54, 1.807) is 0 Å². The molecule has 0 fully saturated rings. The van der Waals surface area contributed by atoms with Crippen molar-refractivity contribution in [2.45, 2.75) is 6.92 Å². The van der Waals surface area contributed by atoms with Gasteiger partial charge in [-0.3, -0.25) is 13.7 Å². The normalized spacial score (nSPS) is 14.4. The van der Waals surface area contributed by atoms with Crippen LogP contribution < -0.4 is 0 Å². The van der Waals surface area contributed by atoms with E-state index in [0.29, 0.717) is 0 Å². The highest BCUT2D eigenvalue weighted by Crippen LogP contribution is 2.25. The summed E-state index contributed by atoms with van der Waals surface area (Å²) in [6.45, 7) is 0.742. The van der Waals surface area contributed by atoms with Crippen LogP contribution in [0.1, 0.15) is 6.92 Å². The van der Waals surface area contributed by atoms with Crippen LogP contribution in [-0.2, 0) is 35.1 Å². The number of hydrogen-bond donors (Lipinski definition) is 3. The minimum atomic E-state index is -4.79. The minimum Gasteiger partial charge on any atom is -0.381 e. The molecule has 0 aromatic carbocycles. The molecule has 0 atom stereocenters. The molecule has 0 spiro atoms. The highest BCUT2D eigenvalue weighted by Gasteiger charge is 2.43. The van der Waals surface area contributed by atoms with Crippen molar-refractivity contribution in [2.24, 2.45) is 5.41 Å². The summed E-state index contributed by atoms with van der Waals surface area (Å²) in [4.78, 5) is 0. The second kappa shape index (κ2) is 6.64. The van der Waals surface area contributed by atoms with E-state index in [0.717, 1.165) is 0 Å². The van der Waals surface area contributed by atoms with Gasteiger partial charge in [0.15, 0.2) is 0 Å². The molecular weight excluding hydrogens is 340 g/mol. The molecule has 0 aromatic heterocycles. The van der Waals surface area contributed by atoms with Gasteiger partial charge in [0.25, 0.3) is 30.4 Å². The lowest BCUT2D eigenvalue weighted by molar-refractivity contribution is 0.0824. The van der Waals surface area contributed by atoms with Gasteiger partial charge in [0, 0.05) is 12.0 Å². The van der Waals surface area contributed by atoms with Crippen molar-refractivity contribution in [1.29, 1.82) is 0 Å². The van der Waals surface area contributed by atoms with Gasteiger partial charge in [0.2, 0.25) is 0 Å². The van der Waals surface area contributed by atoms with Crippen molar-refractivity contribution in [1.82, 2.24) is 0 Å². The average molecular weight is 356 g/mol. The van der Waals surface area contributed by atoms with Gasteiger partial charge in [-0.2, -0.15) is 25.3 Å². The lowest BCUT2D eigenvalue weighted by Gasteiger charge is -2.29. The molecule has 0 aliphatic rings. The van der Waals surface area contributed by atoms with Crippen LogP contribution in [0.2, 0.25) is 0 Å². The number of ether oxygens (including phenoxy) is 1. The summed E-state index contributed by atoms with van der Waals surface area (Å²) < 4.78 is 96.8. The van der Waals surface area contributed by atoms with Crippen molar-refractivity contribution < 1.29 is 43.6 Å². The Morgan fingerprint density at radius 1 is 0.800 bits per heavy atom. The maximum absolute atomic E-state index is 10.9. The second-order valence-electron chi connectivity index (χ2n) is 4.32. The van der Waals surface area contributed by atoms with Crippen LogP contribution >= 0.6 is 0 Å². The van der Waals surface area contributed by atoms with E-state index in [-0.39, 0.29) is 6.61 Å². The molecule has 0 amide bonds. The van der Waals surface area contributed by atoms with E-state index in [9.17, 15) is 25.3 Å². The fourth-order valence-corrected chi connectivity index (χ4v) is 5.30. The zero-order chi connectivity index (χ0) is 16.2. The molecule has 0 rings (SSSR count). The van der Waals surface area contributed by atoms with Crippen molar-refractivity contribution in [3.63, 3.8) is 0 Å². The third kappa shape index (κ3) is 9.57. The summed E-state index contributed by atoms with van der Waals surface area (Å²) in [5, 5.41) is 0. The summed E-state index contributed by atoms with van der Waals surface area (Å²) in [6, 6.07) is 0. The molecule has 0 aliphatic carbocycles. The maximum atomic E-state index is 10.9. The summed E-state index contributed by atoms with van der Waals surface area (Å²) in [5.74, 6) is -3.96. The third-order valence-electron chi connectivity index (χ3n) is 2.08. The van der Waals surface area contributed by atoms with Crippen LogP contribution in [0, 0.1) is 5.41 Å². The Kier molecular flexibility index (Phi) is 6.53. The van der Waals surface area contributed by atoms with Crippen LogP contribution in [0.4, 0.5) is 0 Å². The molecule has 122 valence electrons. The van der Waals surface area contributed by atoms with Gasteiger partial charge in [0.05, 0.1) is 23.9 Å². The van der Waals surface area contributed by atoms with Gasteiger partial charge in [-0.05, 0) is 6.92 Å². The predicted octanol–water partition coefficient (Wildman–Crippen LogP) is -1.33. The highest BCUT2D eigenvalue weighted by molar-refractivity contribution is 7.87. The van der Waals surface area contributed by atoms with Gasteiger partial charge < -0.3 is 4.74 Å². The number of rotatable bonds is 9. The lowest BCUT2D eigenvalue weighted by Crippen LogP contribution is -2.46. The molecule has 0 saturated heterocycles. The first-order valence-electron chi connectivity index (χ1n) is 5.11. The molecular formula is C7H16O10S3. The molecule has 20 heavy (non-hydrogen) atoms. The maximum Gasteiger partial charge on any atom is 0.265 e. The average Bonchev–Trinajstić information content (AvgIpc) is 2.05. The van der Waals surface area contributed by atoms with E-state index in [1.807, 2.05) is 0 Å². The summed E-state index contributed by atoms with van der Waals surface area (Å²) in [6.07, 6.45) is 0. The third-order valence-corrected chi connectivity index (χ3v) is 5.01. The summed E-state index contributed by atoms with van der Waals surface area (Å²) in [7, 11) is -14.4. The Morgan fingerprint density at radius 3 is 1.30 bits per heavy atom. The summed E-state index contributed by atoms with van der Waals surface area (Å²) >= 11 is 0. The molecule has 0 bridgehead atoms. The number of hydrogen-bond acceptors (Lipinski definition) is 7. The Bertz CT molecular complexity index is 530. The quantitative estimate of drug-likeness (QED) is 0.420. The first-order valence-corrected chi connectivity index (χ1v) is 9.94. The molecule has 0 aromatic rings. The smallest absolute Gasteiger partial charge is 0.265 e. The van der Waals surface area contributed by atoms with Gasteiger partial charge in [-0.1, -0.05) is 0 Å². The predicted molar refractivity (Wildman–Crippen MR) is 68.2 cm³/mol. The Labute approximate surface area is 117 Å². The van der Waals surface area contributed by atoms with E-state index in [2.05, 4.69) is 0 Å². The van der Waals surface area contributed by atoms with E-state index in [4.69, 9.17) is 18.4 Å². The first-order chi connectivity index (χ1) is 8.68. The fraction of sp³-hybridized carbons (Fsp3) is 1.00. The van der Waals surface area contributed by atoms with Crippen molar-refractivity contribution >= 4 is 30.4 Å². The van der Waals surface area contributed by atoms with Crippen LogP contribution in [0.25, 0.3) is 0 Å². The Hall–Kier alpha value is -0.310. The van der Waals surface area contributed by atoms with Crippen LogP contribution in [0.3, 0.4) is 0 Å². The summed E-state index contributed by atoms with van der Waals surface area (Å²) in [5.41, 5.74) is -2.23. The fourth-order valence-electron chi connectivity index (χ4n) is 1.73. The Balaban J connectivity index is 5.74. The minimum absolute atomic E-state index is 0.00974. The van der Waals surface area contributed by atoms with Crippen LogP contribution in [-0.4, -0.2) is 69.4 Å². The molecule has 0 unspecified atom stereocenters. The second-order valence-corrected chi connectivity index (χ2v) is 8.67. The molecule has 3 N–H and O–H groups in total. The van der Waals surface area contributed by atoms with Crippen LogP contribution in [0.15, 0.2) is 0 Å². The van der Waals surface area contributed by atoms with Crippen molar-refractivity contribution in [3.05, 3.63) is 0 Å². The van der Waals surface area contributed by atoms with Gasteiger partial charge in [-0.25, -0.2) is 0 Å². The zero-order valence-electron chi connectivity index (χ0n) is 10.5. The molecule has 0 saturated carbocycles. The molecule has 0 heterocycles. The molecule has 13 heteroatoms. The van der Waals surface area contributed by atoms with Crippen molar-refractivity contribution in [3.8, 4) is 0 Å². The molecule has 0 aliphatic heterocycles. The topological polar surface area (TPSA) is 172 Å². The van der Waals surface area contributed by atoms with Crippen LogP contribution in [0.5, 0.6) is 0 Å². The molecule has 0 radical (unpaired) electrons. The monoisotopic (exact) mass is 356 g/mol. The SMILES string of the molecule is CCOCC(CS(=O)(=O)O)(CS(=O)(=O)O)CS(=O)(=O)O.